The SMILES string of the molecule is Cc1nc(NC(=O)C2(c3cc(-c4ccc5c(c4)OCO5)on3)CC2)sc1C. The zero-order chi connectivity index (χ0) is 18.6. The second-order valence-corrected chi connectivity index (χ2v) is 8.04. The zero-order valence-electron chi connectivity index (χ0n) is 14.9. The highest BCUT2D eigenvalue weighted by Gasteiger charge is 2.54. The Morgan fingerprint density at radius 1 is 1.19 bits per heavy atom. The fourth-order valence-electron chi connectivity index (χ4n) is 3.15. The lowest BCUT2D eigenvalue weighted by Gasteiger charge is -2.10. The van der Waals surface area contributed by atoms with E-state index in [1.54, 1.807) is 0 Å². The quantitative estimate of drug-likeness (QED) is 0.737. The van der Waals surface area contributed by atoms with Gasteiger partial charge in [0, 0.05) is 16.5 Å². The van der Waals surface area contributed by atoms with Gasteiger partial charge in [0.15, 0.2) is 22.4 Å². The van der Waals surface area contributed by atoms with E-state index in [4.69, 9.17) is 14.0 Å². The van der Waals surface area contributed by atoms with Crippen LogP contribution in [0.1, 0.15) is 29.1 Å². The van der Waals surface area contributed by atoms with E-state index in [9.17, 15) is 4.79 Å². The number of rotatable bonds is 4. The van der Waals surface area contributed by atoms with E-state index in [-0.39, 0.29) is 12.7 Å². The maximum absolute atomic E-state index is 12.9. The average Bonchev–Trinajstić information content (AvgIpc) is 2.99. The van der Waals surface area contributed by atoms with Crippen LogP contribution in [0.2, 0.25) is 0 Å². The summed E-state index contributed by atoms with van der Waals surface area (Å²) < 4.78 is 16.3. The molecule has 2 aromatic heterocycles. The van der Waals surface area contributed by atoms with Gasteiger partial charge in [-0.2, -0.15) is 0 Å². The van der Waals surface area contributed by atoms with Crippen LogP contribution in [0.5, 0.6) is 11.5 Å². The molecular formula is C19H17N3O4S. The van der Waals surface area contributed by atoms with Gasteiger partial charge in [0.1, 0.15) is 0 Å². The molecule has 2 aliphatic rings. The molecule has 0 radical (unpaired) electrons. The third-order valence-corrected chi connectivity index (χ3v) is 6.08. The summed E-state index contributed by atoms with van der Waals surface area (Å²) in [6.07, 6.45) is 1.49. The van der Waals surface area contributed by atoms with E-state index in [2.05, 4.69) is 15.5 Å². The molecule has 0 unspecified atom stereocenters. The summed E-state index contributed by atoms with van der Waals surface area (Å²) in [5, 5.41) is 7.74. The lowest BCUT2D eigenvalue weighted by Crippen LogP contribution is -2.28. The van der Waals surface area contributed by atoms with Gasteiger partial charge in [0.05, 0.1) is 16.8 Å². The maximum Gasteiger partial charge on any atom is 0.238 e. The molecule has 8 heteroatoms. The van der Waals surface area contributed by atoms with Gasteiger partial charge in [-0.3, -0.25) is 4.79 Å². The fourth-order valence-corrected chi connectivity index (χ4v) is 3.96. The van der Waals surface area contributed by atoms with Crippen LogP contribution in [-0.2, 0) is 10.2 Å². The molecule has 0 bridgehead atoms. The largest absolute Gasteiger partial charge is 0.454 e. The summed E-state index contributed by atoms with van der Waals surface area (Å²) in [4.78, 5) is 18.3. The molecule has 7 nitrogen and oxygen atoms in total. The number of carbonyl (C=O) groups is 1. The Kier molecular flexibility index (Phi) is 3.51. The molecule has 5 rings (SSSR count). The number of anilines is 1. The number of nitrogens with one attached hydrogen (secondary N) is 1. The number of fused-ring (bicyclic) bond motifs is 1. The van der Waals surface area contributed by atoms with Gasteiger partial charge in [0.2, 0.25) is 12.7 Å². The molecule has 1 aliphatic heterocycles. The Morgan fingerprint density at radius 2 is 2.00 bits per heavy atom. The van der Waals surface area contributed by atoms with Gasteiger partial charge in [0.25, 0.3) is 0 Å². The van der Waals surface area contributed by atoms with Crippen LogP contribution in [0.25, 0.3) is 11.3 Å². The normalized spacial score (nSPS) is 16.4. The molecule has 0 saturated heterocycles. The molecule has 27 heavy (non-hydrogen) atoms. The van der Waals surface area contributed by atoms with Gasteiger partial charge < -0.3 is 19.3 Å². The van der Waals surface area contributed by atoms with E-state index in [1.165, 1.54) is 11.3 Å². The van der Waals surface area contributed by atoms with Gasteiger partial charge >= 0.3 is 0 Å². The van der Waals surface area contributed by atoms with Crippen molar-refractivity contribution in [2.75, 3.05) is 12.1 Å². The molecule has 0 spiro atoms. The predicted octanol–water partition coefficient (Wildman–Crippen LogP) is 3.81. The van der Waals surface area contributed by atoms with E-state index in [0.29, 0.717) is 28.1 Å². The van der Waals surface area contributed by atoms with Crippen molar-refractivity contribution in [1.82, 2.24) is 10.1 Å². The first-order chi connectivity index (χ1) is 13.0. The number of aromatic nitrogens is 2. The van der Waals surface area contributed by atoms with Crippen LogP contribution in [0, 0.1) is 13.8 Å². The van der Waals surface area contributed by atoms with Crippen LogP contribution in [0.4, 0.5) is 5.13 Å². The smallest absolute Gasteiger partial charge is 0.238 e. The summed E-state index contributed by atoms with van der Waals surface area (Å²) in [5.74, 6) is 1.91. The number of hydrogen-bond donors (Lipinski definition) is 1. The predicted molar refractivity (Wildman–Crippen MR) is 99.2 cm³/mol. The van der Waals surface area contributed by atoms with Crippen LogP contribution >= 0.6 is 11.3 Å². The number of benzene rings is 1. The second-order valence-electron chi connectivity index (χ2n) is 6.84. The van der Waals surface area contributed by atoms with Crippen molar-refractivity contribution in [3.05, 3.63) is 40.5 Å². The number of aryl methyl sites for hydroxylation is 2. The Bertz CT molecular complexity index is 1030. The Hall–Kier alpha value is -2.87. The molecule has 1 aliphatic carbocycles. The molecule has 0 atom stereocenters. The van der Waals surface area contributed by atoms with E-state index >= 15 is 0 Å². The Morgan fingerprint density at radius 3 is 2.74 bits per heavy atom. The molecular weight excluding hydrogens is 366 g/mol. The summed E-state index contributed by atoms with van der Waals surface area (Å²) in [6, 6.07) is 7.42. The highest BCUT2D eigenvalue weighted by atomic mass is 32.1. The van der Waals surface area contributed by atoms with Crippen LogP contribution < -0.4 is 14.8 Å². The number of hydrogen-bond acceptors (Lipinski definition) is 7. The Labute approximate surface area is 159 Å². The monoisotopic (exact) mass is 383 g/mol. The Balaban J connectivity index is 1.39. The lowest BCUT2D eigenvalue weighted by atomic mass is 10.0. The van der Waals surface area contributed by atoms with E-state index in [1.807, 2.05) is 38.1 Å². The van der Waals surface area contributed by atoms with Gasteiger partial charge in [-0.1, -0.05) is 5.16 Å². The first kappa shape index (κ1) is 16.3. The van der Waals surface area contributed by atoms with Gasteiger partial charge in [-0.05, 0) is 44.9 Å². The molecule has 1 saturated carbocycles. The van der Waals surface area contributed by atoms with Crippen molar-refractivity contribution >= 4 is 22.4 Å². The van der Waals surface area contributed by atoms with Crippen molar-refractivity contribution < 1.29 is 18.8 Å². The number of ether oxygens (including phenoxy) is 2. The molecule has 3 aromatic rings. The number of amides is 1. The topological polar surface area (TPSA) is 86.5 Å². The number of thiazole rings is 1. The van der Waals surface area contributed by atoms with Crippen LogP contribution in [0.3, 0.4) is 0 Å². The zero-order valence-corrected chi connectivity index (χ0v) is 15.7. The van der Waals surface area contributed by atoms with Gasteiger partial charge in [-0.25, -0.2) is 4.98 Å². The summed E-state index contributed by atoms with van der Waals surface area (Å²) in [5.41, 5.74) is 1.79. The van der Waals surface area contributed by atoms with Crippen molar-refractivity contribution in [2.45, 2.75) is 32.1 Å². The van der Waals surface area contributed by atoms with Crippen LogP contribution in [-0.4, -0.2) is 22.8 Å². The number of nitrogens with zero attached hydrogens (tertiary/aromatic N) is 2. The molecule has 1 aromatic carbocycles. The van der Waals surface area contributed by atoms with E-state index in [0.717, 1.165) is 29.0 Å². The maximum atomic E-state index is 12.9. The standard InChI is InChI=1S/C19H17N3O4S/c1-10-11(2)27-18(20-10)21-17(23)19(5-6-19)16-8-14(26-22-16)12-3-4-13-15(7-12)25-9-24-13/h3-4,7-8H,5-6,9H2,1-2H3,(H,20,21,23). The molecule has 3 heterocycles. The molecule has 1 amide bonds. The fraction of sp³-hybridized carbons (Fsp3) is 0.316. The van der Waals surface area contributed by atoms with Gasteiger partial charge in [-0.15, -0.1) is 11.3 Å². The highest BCUT2D eigenvalue weighted by Crippen LogP contribution is 2.49. The third kappa shape index (κ3) is 2.68. The lowest BCUT2D eigenvalue weighted by molar-refractivity contribution is -0.118. The first-order valence-electron chi connectivity index (χ1n) is 8.68. The van der Waals surface area contributed by atoms with Crippen molar-refractivity contribution in [3.8, 4) is 22.8 Å². The number of carbonyl (C=O) groups excluding carboxylic acids is 1. The average molecular weight is 383 g/mol. The first-order valence-corrected chi connectivity index (χ1v) is 9.49. The van der Waals surface area contributed by atoms with Crippen molar-refractivity contribution in [1.29, 1.82) is 0 Å². The van der Waals surface area contributed by atoms with E-state index < -0.39 is 5.41 Å². The minimum atomic E-state index is -0.633. The minimum absolute atomic E-state index is 0.0817. The third-order valence-electron chi connectivity index (χ3n) is 5.09. The highest BCUT2D eigenvalue weighted by molar-refractivity contribution is 7.15. The van der Waals surface area contributed by atoms with Crippen LogP contribution in [0.15, 0.2) is 28.8 Å². The summed E-state index contributed by atoms with van der Waals surface area (Å²) in [6.45, 7) is 4.15. The molecule has 1 N–H and O–H groups in total. The van der Waals surface area contributed by atoms with Crippen molar-refractivity contribution in [3.63, 3.8) is 0 Å². The molecule has 138 valence electrons. The minimum Gasteiger partial charge on any atom is -0.454 e. The second kappa shape index (κ2) is 5.82. The molecule has 1 fully saturated rings. The summed E-state index contributed by atoms with van der Waals surface area (Å²) in [7, 11) is 0. The summed E-state index contributed by atoms with van der Waals surface area (Å²) >= 11 is 1.48. The van der Waals surface area contributed by atoms with Crippen molar-refractivity contribution in [2.24, 2.45) is 0 Å².